The quantitative estimate of drug-likeness (QED) is 0.389. The van der Waals surface area contributed by atoms with Gasteiger partial charge in [-0.25, -0.2) is 4.79 Å². The van der Waals surface area contributed by atoms with Gasteiger partial charge in [0.15, 0.2) is 0 Å². The number of carbonyl (C=O) groups is 1. The molecule has 0 saturated carbocycles. The van der Waals surface area contributed by atoms with E-state index in [1.54, 1.807) is 6.92 Å². The summed E-state index contributed by atoms with van der Waals surface area (Å²) in [5, 5.41) is 10.7. The van der Waals surface area contributed by atoms with Crippen LogP contribution >= 0.6 is 15.9 Å². The molecule has 0 heterocycles. The molecule has 1 aromatic carbocycles. The number of nitro benzene ring substituents is 1. The van der Waals surface area contributed by atoms with E-state index in [9.17, 15) is 14.9 Å². The van der Waals surface area contributed by atoms with Gasteiger partial charge < -0.3 is 10.5 Å². The minimum atomic E-state index is -0.695. The predicted octanol–water partition coefficient (Wildman–Crippen LogP) is 2.03. The van der Waals surface area contributed by atoms with E-state index >= 15 is 0 Å². The van der Waals surface area contributed by atoms with E-state index in [1.165, 1.54) is 13.2 Å². The highest BCUT2D eigenvalue weighted by Crippen LogP contribution is 2.33. The highest BCUT2D eigenvalue weighted by Gasteiger charge is 2.24. The Bertz CT molecular complexity index is 473. The van der Waals surface area contributed by atoms with Gasteiger partial charge in [0.2, 0.25) is 0 Å². The molecule has 2 N–H and O–H groups in total. The van der Waals surface area contributed by atoms with Crippen LogP contribution in [0.5, 0.6) is 0 Å². The summed E-state index contributed by atoms with van der Waals surface area (Å²) in [6.45, 7) is 1.62. The highest BCUT2D eigenvalue weighted by atomic mass is 79.9. The highest BCUT2D eigenvalue weighted by molar-refractivity contribution is 9.10. The number of hydrogen-bond donors (Lipinski definition) is 1. The molecular weight excluding hydrogens is 280 g/mol. The standard InChI is InChI=1S/C9H9BrN2O4/c1-4-5(10)3-6(12(14)15)8(11)7(4)9(13)16-2/h3H,11H2,1-2H3. The topological polar surface area (TPSA) is 95.5 Å². The van der Waals surface area contributed by atoms with Crippen molar-refractivity contribution in [2.75, 3.05) is 12.8 Å². The molecule has 0 aliphatic rings. The Morgan fingerprint density at radius 2 is 2.19 bits per heavy atom. The third kappa shape index (κ3) is 1.99. The van der Waals surface area contributed by atoms with Gasteiger partial charge in [-0.15, -0.1) is 0 Å². The lowest BCUT2D eigenvalue weighted by Gasteiger charge is -2.09. The first-order valence-corrected chi connectivity index (χ1v) is 5.00. The number of anilines is 1. The molecule has 0 saturated heterocycles. The zero-order valence-electron chi connectivity index (χ0n) is 8.61. The first kappa shape index (κ1) is 12.4. The molecule has 0 aliphatic heterocycles. The number of ether oxygens (including phenoxy) is 1. The van der Waals surface area contributed by atoms with E-state index in [2.05, 4.69) is 20.7 Å². The molecule has 0 aromatic heterocycles. The van der Waals surface area contributed by atoms with Crippen LogP contribution in [0.4, 0.5) is 11.4 Å². The molecule has 0 bridgehead atoms. The van der Waals surface area contributed by atoms with Crippen molar-refractivity contribution in [2.45, 2.75) is 6.92 Å². The van der Waals surface area contributed by atoms with Crippen molar-refractivity contribution in [1.82, 2.24) is 0 Å². The summed E-state index contributed by atoms with van der Waals surface area (Å²) in [6.07, 6.45) is 0. The van der Waals surface area contributed by atoms with Crippen LogP contribution in [-0.4, -0.2) is 18.0 Å². The fourth-order valence-corrected chi connectivity index (χ4v) is 1.69. The van der Waals surface area contributed by atoms with Crippen molar-refractivity contribution in [3.05, 3.63) is 31.8 Å². The number of esters is 1. The van der Waals surface area contributed by atoms with Crippen LogP contribution in [0.2, 0.25) is 0 Å². The molecule has 0 amide bonds. The fraction of sp³-hybridized carbons (Fsp3) is 0.222. The van der Waals surface area contributed by atoms with Crippen molar-refractivity contribution in [2.24, 2.45) is 0 Å². The summed E-state index contributed by atoms with van der Waals surface area (Å²) in [5.41, 5.74) is 5.59. The summed E-state index contributed by atoms with van der Waals surface area (Å²) < 4.78 is 4.96. The van der Waals surface area contributed by atoms with E-state index in [1.807, 2.05) is 0 Å². The average Bonchev–Trinajstić information content (AvgIpc) is 2.22. The summed E-state index contributed by atoms with van der Waals surface area (Å²) in [5.74, 6) is -0.695. The van der Waals surface area contributed by atoms with Crippen LogP contribution < -0.4 is 5.73 Å². The maximum absolute atomic E-state index is 11.4. The van der Waals surface area contributed by atoms with Crippen LogP contribution in [0.25, 0.3) is 0 Å². The van der Waals surface area contributed by atoms with Gasteiger partial charge in [-0.05, 0) is 12.5 Å². The van der Waals surface area contributed by atoms with Crippen LogP contribution in [0.3, 0.4) is 0 Å². The molecule has 0 unspecified atom stereocenters. The summed E-state index contributed by atoms with van der Waals surface area (Å²) in [6, 6.07) is 1.26. The zero-order chi connectivity index (χ0) is 12.5. The van der Waals surface area contributed by atoms with Gasteiger partial charge in [0.05, 0.1) is 17.6 Å². The third-order valence-electron chi connectivity index (χ3n) is 2.13. The first-order chi connectivity index (χ1) is 7.40. The minimum Gasteiger partial charge on any atom is -0.465 e. The van der Waals surface area contributed by atoms with E-state index in [0.717, 1.165) is 0 Å². The molecular formula is C9H9BrN2O4. The summed E-state index contributed by atoms with van der Waals surface area (Å²) in [7, 11) is 1.19. The number of nitrogens with zero attached hydrogens (tertiary/aromatic N) is 1. The number of halogens is 1. The predicted molar refractivity (Wildman–Crippen MR) is 61.3 cm³/mol. The lowest BCUT2D eigenvalue weighted by Crippen LogP contribution is -2.10. The third-order valence-corrected chi connectivity index (χ3v) is 2.95. The van der Waals surface area contributed by atoms with Crippen LogP contribution in [-0.2, 0) is 4.74 Å². The minimum absolute atomic E-state index is 0.0172. The lowest BCUT2D eigenvalue weighted by molar-refractivity contribution is -0.384. The second-order valence-electron chi connectivity index (χ2n) is 3.04. The number of nitrogens with two attached hydrogens (primary N) is 1. The van der Waals surface area contributed by atoms with Gasteiger partial charge in [-0.3, -0.25) is 10.1 Å². The molecule has 0 radical (unpaired) electrons. The molecule has 0 spiro atoms. The SMILES string of the molecule is COC(=O)c1c(C)c(Br)cc([N+](=O)[O-])c1N. The number of methoxy groups -OCH3 is 1. The van der Waals surface area contributed by atoms with E-state index in [4.69, 9.17) is 5.73 Å². The zero-order valence-corrected chi connectivity index (χ0v) is 10.2. The van der Waals surface area contributed by atoms with Crippen LogP contribution in [0.15, 0.2) is 10.5 Å². The van der Waals surface area contributed by atoms with Crippen LogP contribution in [0.1, 0.15) is 15.9 Å². The average molecular weight is 289 g/mol. The Balaban J connectivity index is 3.58. The maximum Gasteiger partial charge on any atom is 0.340 e. The second-order valence-corrected chi connectivity index (χ2v) is 3.89. The van der Waals surface area contributed by atoms with Crippen LogP contribution in [0, 0.1) is 17.0 Å². The lowest BCUT2D eigenvalue weighted by atomic mass is 10.1. The number of nitro groups is 1. The molecule has 86 valence electrons. The van der Waals surface area contributed by atoms with Crippen molar-refractivity contribution in [3.8, 4) is 0 Å². The number of rotatable bonds is 2. The van der Waals surface area contributed by atoms with E-state index in [-0.39, 0.29) is 16.9 Å². The van der Waals surface area contributed by atoms with Crippen molar-refractivity contribution < 1.29 is 14.5 Å². The Morgan fingerprint density at radius 3 is 2.62 bits per heavy atom. The largest absolute Gasteiger partial charge is 0.465 e. The molecule has 7 heteroatoms. The molecule has 1 aromatic rings. The number of nitrogen functional groups attached to an aromatic ring is 1. The normalized spacial score (nSPS) is 9.94. The molecule has 1 rings (SSSR count). The maximum atomic E-state index is 11.4. The molecule has 0 fully saturated rings. The van der Waals surface area contributed by atoms with Gasteiger partial charge in [-0.2, -0.15) is 0 Å². The second kappa shape index (κ2) is 4.48. The summed E-state index contributed by atoms with van der Waals surface area (Å²) >= 11 is 3.13. The molecule has 6 nitrogen and oxygen atoms in total. The Morgan fingerprint density at radius 1 is 1.62 bits per heavy atom. The number of benzene rings is 1. The van der Waals surface area contributed by atoms with Gasteiger partial charge >= 0.3 is 5.97 Å². The first-order valence-electron chi connectivity index (χ1n) is 4.21. The van der Waals surface area contributed by atoms with Gasteiger partial charge in [0, 0.05) is 10.5 Å². The van der Waals surface area contributed by atoms with Gasteiger partial charge in [0.1, 0.15) is 5.69 Å². The van der Waals surface area contributed by atoms with Crippen molar-refractivity contribution >= 4 is 33.3 Å². The van der Waals surface area contributed by atoms with E-state index in [0.29, 0.717) is 10.0 Å². The fourth-order valence-electron chi connectivity index (χ4n) is 1.27. The summed E-state index contributed by atoms with van der Waals surface area (Å²) in [4.78, 5) is 21.5. The number of carbonyl (C=O) groups excluding carboxylic acids is 1. The smallest absolute Gasteiger partial charge is 0.340 e. The molecule has 16 heavy (non-hydrogen) atoms. The number of hydrogen-bond acceptors (Lipinski definition) is 5. The Kier molecular flexibility index (Phi) is 3.48. The van der Waals surface area contributed by atoms with Gasteiger partial charge in [0.25, 0.3) is 5.69 Å². The molecule has 0 atom stereocenters. The van der Waals surface area contributed by atoms with E-state index < -0.39 is 10.9 Å². The Hall–Kier alpha value is -1.63. The molecule has 0 aliphatic carbocycles. The van der Waals surface area contributed by atoms with Crippen molar-refractivity contribution in [3.63, 3.8) is 0 Å². The monoisotopic (exact) mass is 288 g/mol. The van der Waals surface area contributed by atoms with Gasteiger partial charge in [-0.1, -0.05) is 15.9 Å². The van der Waals surface area contributed by atoms with Crippen molar-refractivity contribution in [1.29, 1.82) is 0 Å². The Labute approximate surface area is 99.7 Å².